The van der Waals surface area contributed by atoms with Crippen LogP contribution < -0.4 is 4.74 Å². The van der Waals surface area contributed by atoms with Crippen LogP contribution in [0, 0.1) is 26.1 Å². The Bertz CT molecular complexity index is 1190. The van der Waals surface area contributed by atoms with Gasteiger partial charge in [-0.25, -0.2) is 4.79 Å². The van der Waals surface area contributed by atoms with Gasteiger partial charge in [0.1, 0.15) is 18.0 Å². The third-order valence-corrected chi connectivity index (χ3v) is 5.82. The first-order valence-electron chi connectivity index (χ1n) is 10.6. The lowest BCUT2D eigenvalue weighted by molar-refractivity contribution is -0.394. The van der Waals surface area contributed by atoms with Gasteiger partial charge in [-0.15, -0.1) is 0 Å². The molecule has 1 fully saturated rings. The van der Waals surface area contributed by atoms with Gasteiger partial charge in [0.05, 0.1) is 21.5 Å². The molecule has 0 spiro atoms. The second kappa shape index (κ2) is 9.23. The Morgan fingerprint density at radius 1 is 0.879 bits per heavy atom. The highest BCUT2D eigenvalue weighted by Crippen LogP contribution is 2.32. The van der Waals surface area contributed by atoms with Crippen molar-refractivity contribution in [1.82, 2.24) is 0 Å². The molecule has 0 unspecified atom stereocenters. The summed E-state index contributed by atoms with van der Waals surface area (Å²) in [5, 5.41) is 24.4. The molecule has 1 aliphatic carbocycles. The van der Waals surface area contributed by atoms with Gasteiger partial charge in [-0.05, 0) is 48.1 Å². The maximum absolute atomic E-state index is 12.8. The molecule has 3 aromatic carbocycles. The Morgan fingerprint density at radius 2 is 1.55 bits per heavy atom. The summed E-state index contributed by atoms with van der Waals surface area (Å²) in [6.07, 6.45) is 1.13. The average Bonchev–Trinajstić information content (AvgIpc) is 2.80. The molecule has 33 heavy (non-hydrogen) atoms. The van der Waals surface area contributed by atoms with E-state index in [4.69, 9.17) is 9.47 Å². The van der Waals surface area contributed by atoms with Crippen LogP contribution in [0.4, 0.5) is 11.4 Å². The van der Waals surface area contributed by atoms with Crippen molar-refractivity contribution in [2.24, 2.45) is 5.92 Å². The van der Waals surface area contributed by atoms with E-state index < -0.39 is 39.4 Å². The monoisotopic (exact) mass is 450 g/mol. The lowest BCUT2D eigenvalue weighted by Gasteiger charge is -2.34. The highest BCUT2D eigenvalue weighted by Gasteiger charge is 2.34. The van der Waals surface area contributed by atoms with Crippen molar-refractivity contribution in [3.63, 3.8) is 0 Å². The molecule has 0 amide bonds. The molecule has 0 radical (unpaired) electrons. The van der Waals surface area contributed by atoms with Crippen LogP contribution >= 0.6 is 0 Å². The lowest BCUT2D eigenvalue weighted by Crippen LogP contribution is -2.40. The maximum Gasteiger partial charge on any atom is 0.339 e. The van der Waals surface area contributed by atoms with Crippen molar-refractivity contribution in [2.75, 3.05) is 0 Å². The summed E-state index contributed by atoms with van der Waals surface area (Å²) in [5.74, 6) is 0.0898. The number of nitro groups is 2. The summed E-state index contributed by atoms with van der Waals surface area (Å²) in [7, 11) is 0. The van der Waals surface area contributed by atoms with Crippen LogP contribution in [-0.2, 0) is 4.74 Å². The van der Waals surface area contributed by atoms with E-state index in [1.54, 1.807) is 0 Å². The molecule has 9 nitrogen and oxygen atoms in total. The molecule has 0 aromatic heterocycles. The zero-order valence-electron chi connectivity index (χ0n) is 17.9. The average molecular weight is 450 g/mol. The van der Waals surface area contributed by atoms with Gasteiger partial charge in [0.15, 0.2) is 0 Å². The molecule has 3 atom stereocenters. The van der Waals surface area contributed by atoms with Gasteiger partial charge in [0.25, 0.3) is 11.4 Å². The standard InChI is InChI=1S/C24H22N2O7/c1-15-6-9-22(32-21-8-7-16-4-2-3-5-17(16)13-21)23(10-15)33-24(27)18-11-19(25(28)29)14-20(12-18)26(30)31/h2-5,7-8,11-15,22-23H,6,9-10H2,1H3/t15-,22+,23+/m1/s1. The number of hydrogen-bond donors (Lipinski definition) is 0. The third kappa shape index (κ3) is 5.08. The fourth-order valence-electron chi connectivity index (χ4n) is 4.10. The minimum Gasteiger partial charge on any atom is -0.487 e. The van der Waals surface area contributed by atoms with E-state index in [1.165, 1.54) is 0 Å². The second-order valence-electron chi connectivity index (χ2n) is 8.28. The van der Waals surface area contributed by atoms with E-state index in [0.29, 0.717) is 24.5 Å². The number of carbonyl (C=O) groups excluding carboxylic acids is 1. The quantitative estimate of drug-likeness (QED) is 0.278. The van der Waals surface area contributed by atoms with E-state index >= 15 is 0 Å². The van der Waals surface area contributed by atoms with E-state index in [1.807, 2.05) is 49.4 Å². The Hall–Kier alpha value is -4.01. The molecule has 0 bridgehead atoms. The van der Waals surface area contributed by atoms with E-state index in [-0.39, 0.29) is 5.56 Å². The predicted molar refractivity (Wildman–Crippen MR) is 120 cm³/mol. The topological polar surface area (TPSA) is 122 Å². The molecule has 0 heterocycles. The zero-order chi connectivity index (χ0) is 23.5. The van der Waals surface area contributed by atoms with Crippen molar-refractivity contribution in [2.45, 2.75) is 38.4 Å². The van der Waals surface area contributed by atoms with E-state index in [9.17, 15) is 25.0 Å². The first-order chi connectivity index (χ1) is 15.8. The van der Waals surface area contributed by atoms with Crippen LogP contribution in [0.1, 0.15) is 36.5 Å². The summed E-state index contributed by atoms with van der Waals surface area (Å²) in [4.78, 5) is 33.5. The summed E-state index contributed by atoms with van der Waals surface area (Å²) in [6.45, 7) is 2.05. The molecule has 0 aliphatic heterocycles. The van der Waals surface area contributed by atoms with Gasteiger partial charge in [-0.3, -0.25) is 20.2 Å². The maximum atomic E-state index is 12.8. The van der Waals surface area contributed by atoms with Gasteiger partial charge < -0.3 is 9.47 Å². The zero-order valence-corrected chi connectivity index (χ0v) is 17.9. The molecule has 0 saturated heterocycles. The summed E-state index contributed by atoms with van der Waals surface area (Å²) in [6, 6.07) is 16.4. The number of esters is 1. The molecule has 3 aromatic rings. The highest BCUT2D eigenvalue weighted by atomic mass is 16.6. The summed E-state index contributed by atoms with van der Waals surface area (Å²) < 4.78 is 11.9. The smallest absolute Gasteiger partial charge is 0.339 e. The number of non-ortho nitro benzene ring substituents is 2. The number of nitro benzene ring substituents is 2. The van der Waals surface area contributed by atoms with Crippen LogP contribution in [0.2, 0.25) is 0 Å². The first kappa shape index (κ1) is 22.2. The molecule has 1 aliphatic rings. The van der Waals surface area contributed by atoms with Crippen LogP contribution in [0.3, 0.4) is 0 Å². The summed E-state index contributed by atoms with van der Waals surface area (Å²) in [5.41, 5.74) is -1.33. The predicted octanol–water partition coefficient (Wildman–Crippen LogP) is 5.45. The van der Waals surface area contributed by atoms with Gasteiger partial charge in [0, 0.05) is 12.1 Å². The van der Waals surface area contributed by atoms with Crippen molar-refractivity contribution >= 4 is 28.1 Å². The number of carbonyl (C=O) groups is 1. The second-order valence-corrected chi connectivity index (χ2v) is 8.28. The fourth-order valence-corrected chi connectivity index (χ4v) is 4.10. The number of ether oxygens (including phenoxy) is 2. The number of rotatable bonds is 6. The van der Waals surface area contributed by atoms with Gasteiger partial charge in [-0.2, -0.15) is 0 Å². The van der Waals surface area contributed by atoms with Gasteiger partial charge in [0.2, 0.25) is 0 Å². The number of hydrogen-bond acceptors (Lipinski definition) is 7. The third-order valence-electron chi connectivity index (χ3n) is 5.82. The number of benzene rings is 3. The minimum absolute atomic E-state index is 0.237. The Morgan fingerprint density at radius 3 is 2.21 bits per heavy atom. The molecule has 0 N–H and O–H groups in total. The molecular weight excluding hydrogens is 428 g/mol. The number of fused-ring (bicyclic) bond motifs is 1. The van der Waals surface area contributed by atoms with Crippen molar-refractivity contribution < 1.29 is 24.1 Å². The van der Waals surface area contributed by atoms with Gasteiger partial charge >= 0.3 is 5.97 Å². The largest absolute Gasteiger partial charge is 0.487 e. The van der Waals surface area contributed by atoms with Crippen LogP contribution in [0.25, 0.3) is 10.8 Å². The van der Waals surface area contributed by atoms with Crippen molar-refractivity contribution in [3.8, 4) is 5.75 Å². The summed E-state index contributed by atoms with van der Waals surface area (Å²) >= 11 is 0. The van der Waals surface area contributed by atoms with E-state index in [2.05, 4.69) is 0 Å². The van der Waals surface area contributed by atoms with Crippen LogP contribution in [0.15, 0.2) is 60.7 Å². The Balaban J connectivity index is 1.56. The molecular formula is C24H22N2O7. The van der Waals surface area contributed by atoms with Crippen molar-refractivity contribution in [3.05, 3.63) is 86.5 Å². The van der Waals surface area contributed by atoms with E-state index in [0.717, 1.165) is 35.4 Å². The molecule has 170 valence electrons. The molecule has 4 rings (SSSR count). The highest BCUT2D eigenvalue weighted by molar-refractivity contribution is 5.91. The van der Waals surface area contributed by atoms with Crippen LogP contribution in [-0.4, -0.2) is 28.0 Å². The van der Waals surface area contributed by atoms with Crippen molar-refractivity contribution in [1.29, 1.82) is 0 Å². The first-order valence-corrected chi connectivity index (χ1v) is 10.6. The molecule has 9 heteroatoms. The Labute approximate surface area is 189 Å². The lowest BCUT2D eigenvalue weighted by atomic mass is 9.86. The SMILES string of the molecule is C[C@@H]1CC[C@H](Oc2ccc3ccccc3c2)[C@@H](OC(=O)c2cc([N+](=O)[O-])cc([N+](=O)[O-])c2)C1. The van der Waals surface area contributed by atoms with Crippen LogP contribution in [0.5, 0.6) is 5.75 Å². The normalized spacial score (nSPS) is 20.2. The van der Waals surface area contributed by atoms with Gasteiger partial charge in [-0.1, -0.05) is 37.3 Å². The molecule has 1 saturated carbocycles. The Kier molecular flexibility index (Phi) is 6.21. The minimum atomic E-state index is -0.854. The number of nitrogens with zero attached hydrogens (tertiary/aromatic N) is 2. The fraction of sp³-hybridized carbons (Fsp3) is 0.292.